The highest BCUT2D eigenvalue weighted by Crippen LogP contribution is 2.46. The Bertz CT molecular complexity index is 3400. The number of hydrogen-bond acceptors (Lipinski definition) is 2. The molecule has 0 fully saturated rings. The standard InChI is InChI=1S/C54H33NO2/c1-4-13-34(14-5-1)37-24-29-47-45(31-37)46-32-38(35-15-6-2-7-16-35)25-30-48(46)55(47)49-21-12-20-44-52-40(27-28-41(54(52)57-53(44)49)36-17-8-3-9-18-36)39-23-26-43-42-19-10-11-22-50(42)56-51(43)33-39/h1-33H. The van der Waals surface area contributed by atoms with Crippen molar-refractivity contribution in [2.75, 3.05) is 0 Å². The molecule has 3 heterocycles. The summed E-state index contributed by atoms with van der Waals surface area (Å²) >= 11 is 0. The van der Waals surface area contributed by atoms with Gasteiger partial charge in [0.1, 0.15) is 16.7 Å². The minimum Gasteiger partial charge on any atom is -0.456 e. The molecule has 0 atom stereocenters. The number of furan rings is 2. The van der Waals surface area contributed by atoms with Gasteiger partial charge in [-0.15, -0.1) is 0 Å². The van der Waals surface area contributed by atoms with Crippen molar-refractivity contribution in [3.8, 4) is 50.2 Å². The third-order valence-electron chi connectivity index (χ3n) is 11.6. The number of aromatic nitrogens is 1. The van der Waals surface area contributed by atoms with E-state index >= 15 is 0 Å². The monoisotopic (exact) mass is 727 g/mol. The van der Waals surface area contributed by atoms with Gasteiger partial charge in [0.05, 0.1) is 16.7 Å². The van der Waals surface area contributed by atoms with Gasteiger partial charge in [0.2, 0.25) is 0 Å². The van der Waals surface area contributed by atoms with E-state index in [0.29, 0.717) is 0 Å². The van der Waals surface area contributed by atoms with Crippen molar-refractivity contribution in [2.24, 2.45) is 0 Å². The molecule has 0 aliphatic rings. The summed E-state index contributed by atoms with van der Waals surface area (Å²) in [5, 5.41) is 6.78. The first-order chi connectivity index (χ1) is 28.3. The Morgan fingerprint density at radius 3 is 1.54 bits per heavy atom. The fourth-order valence-corrected chi connectivity index (χ4v) is 8.95. The number of rotatable bonds is 5. The van der Waals surface area contributed by atoms with Crippen LogP contribution in [0.4, 0.5) is 0 Å². The lowest BCUT2D eigenvalue weighted by Crippen LogP contribution is -1.94. The van der Waals surface area contributed by atoms with Crippen molar-refractivity contribution in [1.29, 1.82) is 0 Å². The molecule has 0 aliphatic carbocycles. The summed E-state index contributed by atoms with van der Waals surface area (Å²) in [5.74, 6) is 0. The molecular weight excluding hydrogens is 695 g/mol. The molecule has 0 bridgehead atoms. The summed E-state index contributed by atoms with van der Waals surface area (Å²) in [6.07, 6.45) is 0. The van der Waals surface area contributed by atoms with Crippen LogP contribution in [0.2, 0.25) is 0 Å². The maximum Gasteiger partial charge on any atom is 0.159 e. The molecule has 0 spiro atoms. The van der Waals surface area contributed by atoms with Crippen LogP contribution in [0.5, 0.6) is 0 Å². The molecule has 9 aromatic carbocycles. The average molecular weight is 728 g/mol. The van der Waals surface area contributed by atoms with Crippen LogP contribution in [-0.4, -0.2) is 4.57 Å². The van der Waals surface area contributed by atoms with E-state index in [2.05, 4.69) is 193 Å². The Balaban J connectivity index is 1.14. The zero-order valence-corrected chi connectivity index (χ0v) is 30.8. The zero-order chi connectivity index (χ0) is 37.5. The molecule has 12 aromatic rings. The van der Waals surface area contributed by atoms with Gasteiger partial charge in [0.25, 0.3) is 0 Å². The summed E-state index contributed by atoms with van der Waals surface area (Å²) in [4.78, 5) is 0. The largest absolute Gasteiger partial charge is 0.456 e. The van der Waals surface area contributed by atoms with Crippen molar-refractivity contribution >= 4 is 65.7 Å². The Morgan fingerprint density at radius 1 is 0.298 bits per heavy atom. The number of benzene rings is 9. The number of hydrogen-bond donors (Lipinski definition) is 0. The van der Waals surface area contributed by atoms with Gasteiger partial charge in [0, 0.05) is 37.9 Å². The van der Waals surface area contributed by atoms with Gasteiger partial charge < -0.3 is 13.4 Å². The van der Waals surface area contributed by atoms with E-state index in [1.54, 1.807) is 0 Å². The van der Waals surface area contributed by atoms with Crippen molar-refractivity contribution in [2.45, 2.75) is 0 Å². The van der Waals surface area contributed by atoms with Gasteiger partial charge in [-0.25, -0.2) is 0 Å². The van der Waals surface area contributed by atoms with Gasteiger partial charge in [-0.3, -0.25) is 0 Å². The second-order valence-electron chi connectivity index (χ2n) is 14.8. The maximum absolute atomic E-state index is 7.23. The van der Waals surface area contributed by atoms with E-state index in [4.69, 9.17) is 8.83 Å². The molecule has 0 amide bonds. The van der Waals surface area contributed by atoms with E-state index in [1.807, 2.05) is 12.1 Å². The molecule has 0 saturated heterocycles. The first-order valence-corrected chi connectivity index (χ1v) is 19.4. The second-order valence-corrected chi connectivity index (χ2v) is 14.8. The molecule has 3 nitrogen and oxygen atoms in total. The quantitative estimate of drug-likeness (QED) is 0.177. The van der Waals surface area contributed by atoms with Gasteiger partial charge >= 0.3 is 0 Å². The molecule has 12 rings (SSSR count). The fourth-order valence-electron chi connectivity index (χ4n) is 8.95. The number of nitrogens with zero attached hydrogens (tertiary/aromatic N) is 1. The van der Waals surface area contributed by atoms with Gasteiger partial charge in [-0.1, -0.05) is 146 Å². The molecule has 57 heavy (non-hydrogen) atoms. The Kier molecular flexibility index (Phi) is 6.93. The van der Waals surface area contributed by atoms with E-state index in [9.17, 15) is 0 Å². The number of fused-ring (bicyclic) bond motifs is 9. The lowest BCUT2D eigenvalue weighted by molar-refractivity contribution is 0.667. The third-order valence-corrected chi connectivity index (χ3v) is 11.6. The SMILES string of the molecule is c1ccc(-c2ccc3c(c2)c2cc(-c4ccccc4)ccc2n3-c2cccc3c2oc2c(-c4ccccc4)ccc(-c4ccc5c(c4)oc4ccccc45)c23)cc1. The third kappa shape index (κ3) is 4.92. The molecular formula is C54H33NO2. The van der Waals surface area contributed by atoms with Gasteiger partial charge in [0.15, 0.2) is 5.58 Å². The molecule has 3 aromatic heterocycles. The number of para-hydroxylation sites is 2. The molecule has 0 aliphatic heterocycles. The van der Waals surface area contributed by atoms with Crippen LogP contribution in [0.1, 0.15) is 0 Å². The highest BCUT2D eigenvalue weighted by atomic mass is 16.3. The van der Waals surface area contributed by atoms with Gasteiger partial charge in [-0.2, -0.15) is 0 Å². The molecule has 0 radical (unpaired) electrons. The topological polar surface area (TPSA) is 31.2 Å². The molecule has 0 N–H and O–H groups in total. The summed E-state index contributed by atoms with van der Waals surface area (Å²) in [5.41, 5.74) is 15.9. The average Bonchev–Trinajstić information content (AvgIpc) is 3.96. The smallest absolute Gasteiger partial charge is 0.159 e. The fraction of sp³-hybridized carbons (Fsp3) is 0. The zero-order valence-electron chi connectivity index (χ0n) is 30.8. The molecule has 3 heteroatoms. The maximum atomic E-state index is 7.23. The van der Waals surface area contributed by atoms with E-state index in [1.165, 1.54) is 33.0 Å². The van der Waals surface area contributed by atoms with Crippen molar-refractivity contribution in [3.05, 3.63) is 200 Å². The van der Waals surface area contributed by atoms with Gasteiger partial charge in [-0.05, 0) is 93.5 Å². The van der Waals surface area contributed by atoms with E-state index in [-0.39, 0.29) is 0 Å². The van der Waals surface area contributed by atoms with Crippen LogP contribution in [0, 0.1) is 0 Å². The lowest BCUT2D eigenvalue weighted by Gasteiger charge is -2.10. The van der Waals surface area contributed by atoms with Crippen LogP contribution >= 0.6 is 0 Å². The van der Waals surface area contributed by atoms with Crippen LogP contribution in [0.25, 0.3) is 116 Å². The highest BCUT2D eigenvalue weighted by Gasteiger charge is 2.23. The normalized spacial score (nSPS) is 11.9. The van der Waals surface area contributed by atoms with Crippen LogP contribution in [0.15, 0.2) is 209 Å². The molecule has 0 unspecified atom stereocenters. The second kappa shape index (κ2) is 12.5. The molecule has 0 saturated carbocycles. The predicted octanol–water partition coefficient (Wildman–Crippen LogP) is 15.3. The summed E-state index contributed by atoms with van der Waals surface area (Å²) in [7, 11) is 0. The van der Waals surface area contributed by atoms with Crippen LogP contribution < -0.4 is 0 Å². The van der Waals surface area contributed by atoms with E-state index < -0.39 is 0 Å². The lowest BCUT2D eigenvalue weighted by atomic mass is 9.94. The van der Waals surface area contributed by atoms with Crippen LogP contribution in [-0.2, 0) is 0 Å². The molecule has 266 valence electrons. The van der Waals surface area contributed by atoms with Crippen molar-refractivity contribution < 1.29 is 8.83 Å². The van der Waals surface area contributed by atoms with Crippen molar-refractivity contribution in [1.82, 2.24) is 4.57 Å². The first-order valence-electron chi connectivity index (χ1n) is 19.4. The van der Waals surface area contributed by atoms with E-state index in [0.717, 1.165) is 82.9 Å². The van der Waals surface area contributed by atoms with Crippen molar-refractivity contribution in [3.63, 3.8) is 0 Å². The predicted molar refractivity (Wildman–Crippen MR) is 237 cm³/mol. The minimum atomic E-state index is 0.847. The summed E-state index contributed by atoms with van der Waals surface area (Å²) in [6, 6.07) is 71.4. The highest BCUT2D eigenvalue weighted by molar-refractivity contribution is 6.19. The summed E-state index contributed by atoms with van der Waals surface area (Å²) < 4.78 is 16.0. The Morgan fingerprint density at radius 2 is 0.860 bits per heavy atom. The Hall–Kier alpha value is -7.62. The first kappa shape index (κ1) is 31.7. The summed E-state index contributed by atoms with van der Waals surface area (Å²) in [6.45, 7) is 0. The van der Waals surface area contributed by atoms with Crippen LogP contribution in [0.3, 0.4) is 0 Å². The minimum absolute atomic E-state index is 0.847. The Labute approximate surface area is 328 Å².